The molecule has 1 aromatic heterocycles. The monoisotopic (exact) mass is 262 g/mol. The van der Waals surface area contributed by atoms with Crippen LogP contribution >= 0.6 is 0 Å². The molecule has 100 valence electrons. The van der Waals surface area contributed by atoms with Gasteiger partial charge in [-0.25, -0.2) is 9.78 Å². The van der Waals surface area contributed by atoms with Crippen molar-refractivity contribution in [2.45, 2.75) is 25.9 Å². The number of benzene rings is 1. The fraction of sp³-hybridized carbons (Fsp3) is 0.308. The highest BCUT2D eigenvalue weighted by Crippen LogP contribution is 2.18. The van der Waals surface area contributed by atoms with Gasteiger partial charge in [-0.2, -0.15) is 0 Å². The molecular weight excluding hydrogens is 248 g/mol. The van der Waals surface area contributed by atoms with Crippen LogP contribution in [-0.2, 0) is 4.74 Å². The van der Waals surface area contributed by atoms with E-state index in [1.165, 1.54) is 0 Å². The Labute approximate surface area is 109 Å². The van der Waals surface area contributed by atoms with E-state index in [1.54, 1.807) is 24.3 Å². The molecule has 2 rings (SSSR count). The molecule has 19 heavy (non-hydrogen) atoms. The molecule has 0 aliphatic heterocycles. The van der Waals surface area contributed by atoms with E-state index < -0.39 is 18.0 Å². The highest BCUT2D eigenvalue weighted by atomic mass is 16.6. The van der Waals surface area contributed by atoms with Crippen molar-refractivity contribution in [3.05, 3.63) is 30.2 Å². The molecule has 0 saturated heterocycles. The van der Waals surface area contributed by atoms with E-state index in [-0.39, 0.29) is 5.89 Å². The lowest BCUT2D eigenvalue weighted by atomic mass is 10.1. The molecule has 0 aliphatic rings. The molecule has 1 unspecified atom stereocenters. The molecule has 6 nitrogen and oxygen atoms in total. The number of oxazole rings is 1. The Morgan fingerprint density at radius 1 is 1.42 bits per heavy atom. The number of ketones is 1. The van der Waals surface area contributed by atoms with Gasteiger partial charge < -0.3 is 14.9 Å². The number of aromatic nitrogens is 1. The van der Waals surface area contributed by atoms with Crippen molar-refractivity contribution < 1.29 is 18.7 Å². The average Bonchev–Trinajstić information content (AvgIpc) is 2.80. The van der Waals surface area contributed by atoms with E-state index in [1.807, 2.05) is 6.92 Å². The maximum absolute atomic E-state index is 12.2. The van der Waals surface area contributed by atoms with E-state index in [2.05, 4.69) is 4.98 Å². The van der Waals surface area contributed by atoms with Crippen molar-refractivity contribution in [1.29, 1.82) is 0 Å². The summed E-state index contributed by atoms with van der Waals surface area (Å²) in [6, 6.07) is 7.02. The van der Waals surface area contributed by atoms with E-state index in [0.717, 1.165) is 0 Å². The molecule has 0 aliphatic carbocycles. The van der Waals surface area contributed by atoms with Crippen molar-refractivity contribution in [3.63, 3.8) is 0 Å². The summed E-state index contributed by atoms with van der Waals surface area (Å²) < 4.78 is 10.1. The van der Waals surface area contributed by atoms with Gasteiger partial charge in [-0.05, 0) is 18.6 Å². The van der Waals surface area contributed by atoms with E-state index in [4.69, 9.17) is 14.9 Å². The number of carbonyl (C=O) groups excluding carboxylic acids is 2. The summed E-state index contributed by atoms with van der Waals surface area (Å²) in [6.45, 7) is 1.87. The van der Waals surface area contributed by atoms with Gasteiger partial charge in [0, 0.05) is 0 Å². The Hall–Kier alpha value is -2.37. The lowest BCUT2D eigenvalue weighted by molar-refractivity contribution is 0.0603. The molecule has 0 fully saturated rings. The number of hydrogen-bond donors (Lipinski definition) is 1. The smallest absolute Gasteiger partial charge is 0.405 e. The van der Waals surface area contributed by atoms with Crippen LogP contribution in [0.2, 0.25) is 0 Å². The summed E-state index contributed by atoms with van der Waals surface area (Å²) in [5.74, 6) is -0.544. The number of hydrogen-bond acceptors (Lipinski definition) is 5. The summed E-state index contributed by atoms with van der Waals surface area (Å²) in [5.41, 5.74) is 6.05. The maximum Gasteiger partial charge on any atom is 0.405 e. The normalized spacial score (nSPS) is 12.3. The number of nitrogens with two attached hydrogens (primary N) is 1. The van der Waals surface area contributed by atoms with Crippen LogP contribution in [0.3, 0.4) is 0 Å². The van der Waals surface area contributed by atoms with Gasteiger partial charge in [0.05, 0.1) is 0 Å². The molecule has 2 aromatic rings. The fourth-order valence-electron chi connectivity index (χ4n) is 1.76. The summed E-state index contributed by atoms with van der Waals surface area (Å²) in [7, 11) is 0. The molecular formula is C13H14N2O4. The van der Waals surface area contributed by atoms with E-state index in [9.17, 15) is 9.59 Å². The van der Waals surface area contributed by atoms with Crippen LogP contribution in [0, 0.1) is 0 Å². The zero-order valence-electron chi connectivity index (χ0n) is 10.5. The van der Waals surface area contributed by atoms with Crippen molar-refractivity contribution in [3.8, 4) is 0 Å². The van der Waals surface area contributed by atoms with Gasteiger partial charge in [-0.1, -0.05) is 25.5 Å². The Morgan fingerprint density at radius 3 is 2.79 bits per heavy atom. The zero-order chi connectivity index (χ0) is 13.8. The fourth-order valence-corrected chi connectivity index (χ4v) is 1.76. The Kier molecular flexibility index (Phi) is 3.79. The van der Waals surface area contributed by atoms with Crippen molar-refractivity contribution in [2.75, 3.05) is 0 Å². The molecule has 1 amide bonds. The molecule has 0 radical (unpaired) electrons. The first kappa shape index (κ1) is 13.1. The summed E-state index contributed by atoms with van der Waals surface area (Å²) in [6.07, 6.45) is -0.886. The second kappa shape index (κ2) is 5.51. The second-order valence-corrected chi connectivity index (χ2v) is 4.07. The third kappa shape index (κ3) is 2.90. The summed E-state index contributed by atoms with van der Waals surface area (Å²) in [4.78, 5) is 27.0. The van der Waals surface area contributed by atoms with Gasteiger partial charge in [0.25, 0.3) is 11.7 Å². The SMILES string of the molecule is CCCC(OC(N)=O)C(=O)c1nc2ccccc2o1. The molecule has 2 N–H and O–H groups in total. The molecule has 0 spiro atoms. The van der Waals surface area contributed by atoms with Crippen LogP contribution in [-0.4, -0.2) is 23.0 Å². The lowest BCUT2D eigenvalue weighted by Gasteiger charge is -2.12. The summed E-state index contributed by atoms with van der Waals surface area (Å²) >= 11 is 0. The van der Waals surface area contributed by atoms with E-state index in [0.29, 0.717) is 23.9 Å². The molecule has 1 heterocycles. The predicted octanol–water partition coefficient (Wildman–Crippen LogP) is 2.27. The van der Waals surface area contributed by atoms with Gasteiger partial charge in [0.15, 0.2) is 11.7 Å². The van der Waals surface area contributed by atoms with Crippen LogP contribution in [0.15, 0.2) is 28.7 Å². The topological polar surface area (TPSA) is 95.4 Å². The van der Waals surface area contributed by atoms with Gasteiger partial charge in [-0.15, -0.1) is 0 Å². The number of amides is 1. The van der Waals surface area contributed by atoms with Crippen LogP contribution in [0.4, 0.5) is 4.79 Å². The zero-order valence-corrected chi connectivity index (χ0v) is 10.5. The first-order valence-corrected chi connectivity index (χ1v) is 5.97. The number of ether oxygens (including phenoxy) is 1. The van der Waals surface area contributed by atoms with Crippen molar-refractivity contribution >= 4 is 23.0 Å². The Balaban J connectivity index is 2.27. The quantitative estimate of drug-likeness (QED) is 0.834. The number of para-hydroxylation sites is 2. The van der Waals surface area contributed by atoms with Gasteiger partial charge in [0.2, 0.25) is 0 Å². The maximum atomic E-state index is 12.2. The minimum Gasteiger partial charge on any atom is -0.438 e. The highest BCUT2D eigenvalue weighted by Gasteiger charge is 2.27. The van der Waals surface area contributed by atoms with Crippen LogP contribution in [0.5, 0.6) is 0 Å². The molecule has 1 atom stereocenters. The van der Waals surface area contributed by atoms with Crippen LogP contribution in [0.1, 0.15) is 30.5 Å². The van der Waals surface area contributed by atoms with Crippen molar-refractivity contribution in [2.24, 2.45) is 5.73 Å². The average molecular weight is 262 g/mol. The predicted molar refractivity (Wildman–Crippen MR) is 67.7 cm³/mol. The number of Topliss-reactive ketones (excluding diaryl/α,β-unsaturated/α-hetero) is 1. The third-order valence-electron chi connectivity index (χ3n) is 2.61. The van der Waals surface area contributed by atoms with Gasteiger partial charge in [-0.3, -0.25) is 4.79 Å². The largest absolute Gasteiger partial charge is 0.438 e. The number of nitrogens with zero attached hydrogens (tertiary/aromatic N) is 1. The van der Waals surface area contributed by atoms with Crippen LogP contribution in [0.25, 0.3) is 11.1 Å². The summed E-state index contributed by atoms with van der Waals surface area (Å²) in [5, 5.41) is 0. The number of rotatable bonds is 5. The number of primary amides is 1. The van der Waals surface area contributed by atoms with Gasteiger partial charge in [0.1, 0.15) is 5.52 Å². The molecule has 1 aromatic carbocycles. The first-order chi connectivity index (χ1) is 9.11. The van der Waals surface area contributed by atoms with Gasteiger partial charge >= 0.3 is 6.09 Å². The third-order valence-corrected chi connectivity index (χ3v) is 2.61. The highest BCUT2D eigenvalue weighted by molar-refractivity contribution is 5.98. The lowest BCUT2D eigenvalue weighted by Crippen LogP contribution is -2.30. The number of carbonyl (C=O) groups is 2. The van der Waals surface area contributed by atoms with E-state index >= 15 is 0 Å². The minimum atomic E-state index is -0.983. The van der Waals surface area contributed by atoms with Crippen molar-refractivity contribution in [1.82, 2.24) is 4.98 Å². The molecule has 0 saturated carbocycles. The van der Waals surface area contributed by atoms with Crippen LogP contribution < -0.4 is 5.73 Å². The molecule has 6 heteroatoms. The number of fused-ring (bicyclic) bond motifs is 1. The Morgan fingerprint density at radius 2 is 2.16 bits per heavy atom. The minimum absolute atomic E-state index is 0.0686. The standard InChI is InChI=1S/C13H14N2O4/c1-2-5-10(19-13(14)17)11(16)12-15-8-6-3-4-7-9(8)18-12/h3-4,6-7,10H,2,5H2,1H3,(H2,14,17). The molecule has 0 bridgehead atoms. The first-order valence-electron chi connectivity index (χ1n) is 5.97. The second-order valence-electron chi connectivity index (χ2n) is 4.07. The Bertz CT molecular complexity index is 572.